The molecule has 3 heteroatoms. The number of ether oxygens (including phenoxy) is 1. The van der Waals surface area contributed by atoms with Gasteiger partial charge in [-0.15, -0.1) is 0 Å². The number of halogens is 1. The molecule has 0 fully saturated rings. The lowest BCUT2D eigenvalue weighted by atomic mass is 10.1. The fourth-order valence-corrected chi connectivity index (χ4v) is 1.50. The lowest BCUT2D eigenvalue weighted by Gasteiger charge is -2.19. The van der Waals surface area contributed by atoms with Crippen molar-refractivity contribution in [1.29, 1.82) is 0 Å². The highest BCUT2D eigenvalue weighted by Gasteiger charge is 2.08. The van der Waals surface area contributed by atoms with Crippen LogP contribution in [-0.2, 0) is 4.74 Å². The van der Waals surface area contributed by atoms with Crippen molar-refractivity contribution in [3.63, 3.8) is 0 Å². The third-order valence-corrected chi connectivity index (χ3v) is 3.18. The molecule has 2 unspecified atom stereocenters. The Bertz CT molecular complexity index is 111. The summed E-state index contributed by atoms with van der Waals surface area (Å²) in [5, 5.41) is 4.49. The van der Waals surface area contributed by atoms with Gasteiger partial charge in [0.05, 0.1) is 6.61 Å². The Morgan fingerprint density at radius 2 is 2.00 bits per heavy atom. The van der Waals surface area contributed by atoms with Crippen molar-refractivity contribution in [2.75, 3.05) is 25.1 Å². The average molecular weight is 252 g/mol. The lowest BCUT2D eigenvalue weighted by Crippen LogP contribution is -2.35. The molecule has 1 N–H and O–H groups in total. The normalized spacial score (nSPS) is 15.7. The Balaban J connectivity index is 3.21. The van der Waals surface area contributed by atoms with Gasteiger partial charge in [0.25, 0.3) is 0 Å². The third-order valence-electron chi connectivity index (χ3n) is 2.16. The van der Waals surface area contributed by atoms with Crippen molar-refractivity contribution in [3.05, 3.63) is 0 Å². The lowest BCUT2D eigenvalue weighted by molar-refractivity contribution is 0.133. The van der Waals surface area contributed by atoms with Gasteiger partial charge in [-0.05, 0) is 19.3 Å². The molecular formula is C10H22BrNO. The highest BCUT2D eigenvalue weighted by molar-refractivity contribution is 9.09. The molecule has 0 spiro atoms. The van der Waals surface area contributed by atoms with Crippen molar-refractivity contribution in [2.24, 2.45) is 5.92 Å². The minimum absolute atomic E-state index is 0.560. The van der Waals surface area contributed by atoms with E-state index in [4.69, 9.17) is 4.74 Å². The van der Waals surface area contributed by atoms with Crippen LogP contribution in [0.3, 0.4) is 0 Å². The van der Waals surface area contributed by atoms with E-state index in [1.165, 1.54) is 0 Å². The maximum atomic E-state index is 5.37. The van der Waals surface area contributed by atoms with E-state index >= 15 is 0 Å². The Morgan fingerprint density at radius 3 is 2.54 bits per heavy atom. The quantitative estimate of drug-likeness (QED) is 0.529. The molecule has 2 atom stereocenters. The second kappa shape index (κ2) is 8.97. The molecule has 80 valence electrons. The van der Waals surface area contributed by atoms with Gasteiger partial charge in [0, 0.05) is 24.5 Å². The molecule has 0 aliphatic carbocycles. The molecule has 0 heterocycles. The zero-order valence-electron chi connectivity index (χ0n) is 8.98. The summed E-state index contributed by atoms with van der Waals surface area (Å²) < 4.78 is 5.37. The Hall–Kier alpha value is 0.400. The highest BCUT2D eigenvalue weighted by Crippen LogP contribution is 2.05. The van der Waals surface area contributed by atoms with Crippen LogP contribution >= 0.6 is 15.9 Å². The summed E-state index contributed by atoms with van der Waals surface area (Å²) in [7, 11) is 0. The second-order valence-electron chi connectivity index (χ2n) is 3.49. The summed E-state index contributed by atoms with van der Waals surface area (Å²) in [6, 6.07) is 0.560. The molecule has 0 rings (SSSR count). The summed E-state index contributed by atoms with van der Waals surface area (Å²) >= 11 is 3.48. The summed E-state index contributed by atoms with van der Waals surface area (Å²) in [6.07, 6.45) is 1.10. The molecule has 13 heavy (non-hydrogen) atoms. The van der Waals surface area contributed by atoms with Crippen molar-refractivity contribution >= 4 is 15.9 Å². The van der Waals surface area contributed by atoms with Crippen LogP contribution in [-0.4, -0.2) is 31.1 Å². The largest absolute Gasteiger partial charge is 0.380 e. The molecule has 0 radical (unpaired) electrons. The van der Waals surface area contributed by atoms with Crippen LogP contribution in [0.1, 0.15) is 27.2 Å². The van der Waals surface area contributed by atoms with Crippen LogP contribution in [0.5, 0.6) is 0 Å². The van der Waals surface area contributed by atoms with Crippen LogP contribution in [0.4, 0.5) is 0 Å². The minimum Gasteiger partial charge on any atom is -0.380 e. The Morgan fingerprint density at radius 1 is 1.31 bits per heavy atom. The van der Waals surface area contributed by atoms with Crippen molar-refractivity contribution < 1.29 is 4.74 Å². The summed E-state index contributed by atoms with van der Waals surface area (Å²) in [5.41, 5.74) is 0. The Labute approximate surface area is 90.6 Å². The monoisotopic (exact) mass is 251 g/mol. The molecule has 0 saturated heterocycles. The van der Waals surface area contributed by atoms with Crippen LogP contribution < -0.4 is 5.32 Å². The van der Waals surface area contributed by atoms with Gasteiger partial charge in [-0.3, -0.25) is 0 Å². The number of hydrogen-bond acceptors (Lipinski definition) is 2. The first-order valence-corrected chi connectivity index (χ1v) is 6.21. The molecule has 0 bridgehead atoms. The smallest absolute Gasteiger partial charge is 0.0590 e. The second-order valence-corrected chi connectivity index (χ2v) is 4.13. The predicted molar refractivity (Wildman–Crippen MR) is 61.5 cm³/mol. The van der Waals surface area contributed by atoms with Gasteiger partial charge in [0.15, 0.2) is 0 Å². The van der Waals surface area contributed by atoms with E-state index in [0.29, 0.717) is 12.0 Å². The molecular weight excluding hydrogens is 230 g/mol. The predicted octanol–water partition coefficient (Wildman–Crippen LogP) is 2.42. The van der Waals surface area contributed by atoms with Gasteiger partial charge < -0.3 is 10.1 Å². The van der Waals surface area contributed by atoms with E-state index in [1.807, 2.05) is 0 Å². The van der Waals surface area contributed by atoms with Gasteiger partial charge in [-0.25, -0.2) is 0 Å². The van der Waals surface area contributed by atoms with E-state index in [-0.39, 0.29) is 0 Å². The van der Waals surface area contributed by atoms with Gasteiger partial charge in [-0.2, -0.15) is 0 Å². The first-order valence-electron chi connectivity index (χ1n) is 5.09. The van der Waals surface area contributed by atoms with Crippen molar-refractivity contribution in [1.82, 2.24) is 5.32 Å². The fourth-order valence-electron chi connectivity index (χ4n) is 0.940. The van der Waals surface area contributed by atoms with Crippen LogP contribution in [0.15, 0.2) is 0 Å². The number of nitrogens with one attached hydrogen (secondary N) is 1. The molecule has 0 aliphatic heterocycles. The maximum Gasteiger partial charge on any atom is 0.0590 e. The molecule has 0 amide bonds. The standard InChI is InChI=1S/C10H22BrNO/c1-4-6-13-7-5-12-10(3)9(2)8-11/h9-10,12H,4-8H2,1-3H3. The van der Waals surface area contributed by atoms with Gasteiger partial charge in [0.1, 0.15) is 0 Å². The highest BCUT2D eigenvalue weighted by atomic mass is 79.9. The van der Waals surface area contributed by atoms with Crippen LogP contribution in [0, 0.1) is 5.92 Å². The van der Waals surface area contributed by atoms with Crippen molar-refractivity contribution in [3.8, 4) is 0 Å². The number of rotatable bonds is 8. The molecule has 0 aromatic heterocycles. The summed E-state index contributed by atoms with van der Waals surface area (Å²) in [5.74, 6) is 0.672. The molecule has 0 aliphatic rings. The maximum absolute atomic E-state index is 5.37. The minimum atomic E-state index is 0.560. The van der Waals surface area contributed by atoms with Crippen LogP contribution in [0.2, 0.25) is 0 Å². The van der Waals surface area contributed by atoms with E-state index in [1.54, 1.807) is 0 Å². The Kier molecular flexibility index (Phi) is 9.25. The zero-order valence-corrected chi connectivity index (χ0v) is 10.6. The van der Waals surface area contributed by atoms with E-state index in [0.717, 1.165) is 31.5 Å². The van der Waals surface area contributed by atoms with Gasteiger partial charge in [-0.1, -0.05) is 29.8 Å². The van der Waals surface area contributed by atoms with Gasteiger partial charge >= 0.3 is 0 Å². The first kappa shape index (κ1) is 13.4. The SMILES string of the molecule is CCCOCCNC(C)C(C)CBr. The fraction of sp³-hybridized carbons (Fsp3) is 1.00. The topological polar surface area (TPSA) is 21.3 Å². The first-order chi connectivity index (χ1) is 6.22. The van der Waals surface area contributed by atoms with Crippen LogP contribution in [0.25, 0.3) is 0 Å². The molecule has 2 nitrogen and oxygen atoms in total. The molecule has 0 saturated carbocycles. The average Bonchev–Trinajstić information content (AvgIpc) is 2.16. The van der Waals surface area contributed by atoms with E-state index in [2.05, 4.69) is 42.0 Å². The molecule has 0 aromatic carbocycles. The van der Waals surface area contributed by atoms with Gasteiger partial charge in [0.2, 0.25) is 0 Å². The van der Waals surface area contributed by atoms with E-state index < -0.39 is 0 Å². The molecule has 0 aromatic rings. The third kappa shape index (κ3) is 7.47. The van der Waals surface area contributed by atoms with E-state index in [9.17, 15) is 0 Å². The number of alkyl halides is 1. The van der Waals surface area contributed by atoms with Crippen molar-refractivity contribution in [2.45, 2.75) is 33.2 Å². The summed E-state index contributed by atoms with van der Waals surface area (Å²) in [4.78, 5) is 0. The zero-order chi connectivity index (χ0) is 10.1. The number of hydrogen-bond donors (Lipinski definition) is 1. The summed E-state index contributed by atoms with van der Waals surface area (Å²) in [6.45, 7) is 9.24.